The van der Waals surface area contributed by atoms with Gasteiger partial charge in [-0.1, -0.05) is 30.2 Å². The lowest BCUT2D eigenvalue weighted by Gasteiger charge is -2.13. The normalized spacial score (nSPS) is 14.9. The van der Waals surface area contributed by atoms with E-state index >= 15 is 0 Å². The van der Waals surface area contributed by atoms with Crippen molar-refractivity contribution in [1.29, 1.82) is 0 Å². The van der Waals surface area contributed by atoms with E-state index in [0.29, 0.717) is 11.7 Å². The molecular formula is C15H22N2. The lowest BCUT2D eigenvalue weighted by Crippen LogP contribution is -2.02. The number of aromatic nitrogens is 1. The Morgan fingerprint density at radius 3 is 2.53 bits per heavy atom. The standard InChI is InChI=1S/C15H22N2/c1-6-10(2)7-12(4)13(5)14-8-11(3)9-15(16)17-14/h6-9,13H,1-5H3,(H2,16,17)/b10-6-,12-7-. The van der Waals surface area contributed by atoms with Crippen molar-refractivity contribution in [2.45, 2.75) is 40.5 Å². The summed E-state index contributed by atoms with van der Waals surface area (Å²) in [5.74, 6) is 0.898. The summed E-state index contributed by atoms with van der Waals surface area (Å²) in [5, 5.41) is 0. The van der Waals surface area contributed by atoms with Gasteiger partial charge in [-0.3, -0.25) is 0 Å². The topological polar surface area (TPSA) is 38.9 Å². The van der Waals surface area contributed by atoms with Crippen molar-refractivity contribution in [3.05, 3.63) is 46.7 Å². The minimum Gasteiger partial charge on any atom is -0.384 e. The molecule has 1 aromatic heterocycles. The highest BCUT2D eigenvalue weighted by molar-refractivity contribution is 5.37. The summed E-state index contributed by atoms with van der Waals surface area (Å²) in [6, 6.07) is 4.00. The van der Waals surface area contributed by atoms with Crippen LogP contribution in [0.2, 0.25) is 0 Å². The van der Waals surface area contributed by atoms with E-state index in [-0.39, 0.29) is 0 Å². The number of aryl methyl sites for hydroxylation is 1. The molecule has 0 aliphatic rings. The van der Waals surface area contributed by atoms with Gasteiger partial charge in [-0.15, -0.1) is 0 Å². The van der Waals surface area contributed by atoms with Crippen LogP contribution < -0.4 is 5.73 Å². The quantitative estimate of drug-likeness (QED) is 0.797. The molecule has 1 unspecified atom stereocenters. The number of rotatable bonds is 3. The first-order chi connectivity index (χ1) is 7.93. The molecule has 0 bridgehead atoms. The van der Waals surface area contributed by atoms with Crippen LogP contribution in [0.25, 0.3) is 0 Å². The lowest BCUT2D eigenvalue weighted by atomic mass is 9.96. The zero-order valence-corrected chi connectivity index (χ0v) is 11.4. The summed E-state index contributed by atoms with van der Waals surface area (Å²) >= 11 is 0. The lowest BCUT2D eigenvalue weighted by molar-refractivity contribution is 0.847. The largest absolute Gasteiger partial charge is 0.384 e. The fourth-order valence-electron chi connectivity index (χ4n) is 1.74. The molecule has 0 aliphatic heterocycles. The summed E-state index contributed by atoms with van der Waals surface area (Å²) in [7, 11) is 0. The number of hydrogen-bond acceptors (Lipinski definition) is 2. The van der Waals surface area contributed by atoms with Crippen LogP contribution in [0.3, 0.4) is 0 Å². The van der Waals surface area contributed by atoms with Crippen molar-refractivity contribution in [2.24, 2.45) is 0 Å². The minimum atomic E-state index is 0.298. The molecular weight excluding hydrogens is 208 g/mol. The SMILES string of the molecule is C/C=C(C)\C=C(\C)C(C)c1cc(C)cc(N)n1. The number of nitrogen functional groups attached to an aromatic ring is 1. The highest BCUT2D eigenvalue weighted by atomic mass is 14.8. The van der Waals surface area contributed by atoms with Gasteiger partial charge in [0.15, 0.2) is 0 Å². The van der Waals surface area contributed by atoms with Crippen molar-refractivity contribution in [3.63, 3.8) is 0 Å². The average molecular weight is 230 g/mol. The van der Waals surface area contributed by atoms with E-state index in [2.05, 4.69) is 44.0 Å². The van der Waals surface area contributed by atoms with E-state index in [9.17, 15) is 0 Å². The van der Waals surface area contributed by atoms with Gasteiger partial charge in [-0.05, 0) is 45.4 Å². The van der Waals surface area contributed by atoms with Crippen LogP contribution in [0.1, 0.15) is 44.9 Å². The third-order valence-corrected chi connectivity index (χ3v) is 3.05. The number of pyridine rings is 1. The van der Waals surface area contributed by atoms with E-state index in [4.69, 9.17) is 5.73 Å². The molecule has 0 spiro atoms. The van der Waals surface area contributed by atoms with Crippen LogP contribution in [-0.2, 0) is 0 Å². The van der Waals surface area contributed by atoms with E-state index in [0.717, 1.165) is 11.3 Å². The summed E-state index contributed by atoms with van der Waals surface area (Å²) in [4.78, 5) is 4.41. The number of nitrogens with two attached hydrogens (primary N) is 1. The maximum atomic E-state index is 5.78. The molecule has 1 aromatic rings. The van der Waals surface area contributed by atoms with Gasteiger partial charge in [0.25, 0.3) is 0 Å². The molecule has 2 nitrogen and oxygen atoms in total. The summed E-state index contributed by atoms with van der Waals surface area (Å²) in [6.45, 7) is 10.5. The maximum absolute atomic E-state index is 5.78. The Morgan fingerprint density at radius 1 is 1.35 bits per heavy atom. The molecule has 17 heavy (non-hydrogen) atoms. The van der Waals surface area contributed by atoms with E-state index in [1.165, 1.54) is 11.1 Å². The fraction of sp³-hybridized carbons (Fsp3) is 0.400. The molecule has 0 amide bonds. The van der Waals surface area contributed by atoms with Crippen LogP contribution >= 0.6 is 0 Å². The molecule has 0 saturated heterocycles. The number of allylic oxidation sites excluding steroid dienone is 4. The van der Waals surface area contributed by atoms with Gasteiger partial charge < -0.3 is 5.73 Å². The molecule has 0 saturated carbocycles. The van der Waals surface area contributed by atoms with Crippen molar-refractivity contribution in [2.75, 3.05) is 5.73 Å². The zero-order chi connectivity index (χ0) is 13.0. The molecule has 1 heterocycles. The van der Waals surface area contributed by atoms with Crippen LogP contribution in [0.5, 0.6) is 0 Å². The van der Waals surface area contributed by atoms with Crippen molar-refractivity contribution < 1.29 is 0 Å². The third kappa shape index (κ3) is 3.74. The van der Waals surface area contributed by atoms with Crippen molar-refractivity contribution >= 4 is 5.82 Å². The molecule has 2 heteroatoms. The number of hydrogen-bond donors (Lipinski definition) is 1. The molecule has 1 rings (SSSR count). The van der Waals surface area contributed by atoms with Crippen LogP contribution in [0.4, 0.5) is 5.82 Å². The molecule has 0 fully saturated rings. The van der Waals surface area contributed by atoms with Gasteiger partial charge in [0.1, 0.15) is 5.82 Å². The second-order valence-electron chi connectivity index (χ2n) is 4.64. The Balaban J connectivity index is 3.04. The molecule has 0 radical (unpaired) electrons. The predicted molar refractivity (Wildman–Crippen MR) is 75.0 cm³/mol. The second kappa shape index (κ2) is 5.67. The molecule has 2 N–H and O–H groups in total. The van der Waals surface area contributed by atoms with Crippen LogP contribution in [0.15, 0.2) is 35.4 Å². The Kier molecular flexibility index (Phi) is 4.50. The summed E-state index contributed by atoms with van der Waals surface area (Å²) in [5.41, 5.74) is 10.6. The van der Waals surface area contributed by atoms with E-state index in [1.807, 2.05) is 19.9 Å². The fourth-order valence-corrected chi connectivity index (χ4v) is 1.74. The second-order valence-corrected chi connectivity index (χ2v) is 4.64. The van der Waals surface area contributed by atoms with Crippen LogP contribution in [-0.4, -0.2) is 4.98 Å². The van der Waals surface area contributed by atoms with Crippen molar-refractivity contribution in [3.8, 4) is 0 Å². The van der Waals surface area contributed by atoms with Gasteiger partial charge >= 0.3 is 0 Å². The van der Waals surface area contributed by atoms with E-state index < -0.39 is 0 Å². The van der Waals surface area contributed by atoms with Gasteiger partial charge in [0, 0.05) is 11.6 Å². The highest BCUT2D eigenvalue weighted by Crippen LogP contribution is 2.24. The van der Waals surface area contributed by atoms with Crippen LogP contribution in [0, 0.1) is 6.92 Å². The monoisotopic (exact) mass is 230 g/mol. The Bertz CT molecular complexity index is 436. The maximum Gasteiger partial charge on any atom is 0.123 e. The van der Waals surface area contributed by atoms with E-state index in [1.54, 1.807) is 0 Å². The average Bonchev–Trinajstić information content (AvgIpc) is 2.26. The smallest absolute Gasteiger partial charge is 0.123 e. The Labute approximate surface area is 104 Å². The first-order valence-corrected chi connectivity index (χ1v) is 5.99. The molecule has 1 atom stereocenters. The zero-order valence-electron chi connectivity index (χ0n) is 11.4. The van der Waals surface area contributed by atoms with Gasteiger partial charge in [-0.25, -0.2) is 4.98 Å². The van der Waals surface area contributed by atoms with Gasteiger partial charge in [-0.2, -0.15) is 0 Å². The third-order valence-electron chi connectivity index (χ3n) is 3.05. The summed E-state index contributed by atoms with van der Waals surface area (Å²) < 4.78 is 0. The molecule has 0 aromatic carbocycles. The Hall–Kier alpha value is -1.57. The first-order valence-electron chi connectivity index (χ1n) is 5.99. The van der Waals surface area contributed by atoms with Gasteiger partial charge in [0.05, 0.1) is 0 Å². The highest BCUT2D eigenvalue weighted by Gasteiger charge is 2.10. The Morgan fingerprint density at radius 2 is 2.00 bits per heavy atom. The molecule has 92 valence electrons. The number of nitrogens with zero attached hydrogens (tertiary/aromatic N) is 1. The first kappa shape index (κ1) is 13.5. The number of anilines is 1. The summed E-state index contributed by atoms with van der Waals surface area (Å²) in [6.07, 6.45) is 4.30. The van der Waals surface area contributed by atoms with Gasteiger partial charge in [0.2, 0.25) is 0 Å². The predicted octanol–water partition coefficient (Wildman–Crippen LogP) is 3.99. The van der Waals surface area contributed by atoms with Crippen molar-refractivity contribution in [1.82, 2.24) is 4.98 Å². The minimum absolute atomic E-state index is 0.298. The molecule has 0 aliphatic carbocycles.